The second-order valence-electron chi connectivity index (χ2n) is 2.87. The molecular formula is C9H11ClO2S. The van der Waals surface area contributed by atoms with Crippen LogP contribution in [0.4, 0.5) is 0 Å². The molecule has 1 aromatic carbocycles. The molecule has 1 rings (SSSR count). The van der Waals surface area contributed by atoms with Gasteiger partial charge in [-0.1, -0.05) is 18.5 Å². The van der Waals surface area contributed by atoms with E-state index < -0.39 is 9.84 Å². The number of sulfone groups is 1. The molecule has 0 amide bonds. The smallest absolute Gasteiger partial charge is 0.178 e. The van der Waals surface area contributed by atoms with E-state index in [2.05, 4.69) is 0 Å². The Morgan fingerprint density at radius 3 is 2.38 bits per heavy atom. The van der Waals surface area contributed by atoms with Gasteiger partial charge in [0.25, 0.3) is 0 Å². The van der Waals surface area contributed by atoms with Crippen LogP contribution >= 0.6 is 11.6 Å². The molecule has 0 saturated carbocycles. The monoisotopic (exact) mass is 218 g/mol. The van der Waals surface area contributed by atoms with E-state index in [-0.39, 0.29) is 5.75 Å². The molecule has 4 heteroatoms. The molecule has 13 heavy (non-hydrogen) atoms. The van der Waals surface area contributed by atoms with E-state index in [1.807, 2.05) is 6.92 Å². The molecule has 0 bridgehead atoms. The number of halogens is 1. The van der Waals surface area contributed by atoms with Gasteiger partial charge < -0.3 is 0 Å². The van der Waals surface area contributed by atoms with Crippen molar-refractivity contribution in [1.82, 2.24) is 0 Å². The summed E-state index contributed by atoms with van der Waals surface area (Å²) in [7, 11) is -3.13. The van der Waals surface area contributed by atoms with Crippen molar-refractivity contribution in [2.45, 2.75) is 18.7 Å². The van der Waals surface area contributed by atoms with Gasteiger partial charge in [-0.2, -0.15) is 0 Å². The van der Waals surface area contributed by atoms with Crippen molar-refractivity contribution in [3.05, 3.63) is 28.8 Å². The van der Waals surface area contributed by atoms with Crippen molar-refractivity contribution in [2.75, 3.05) is 5.75 Å². The SMILES string of the molecule is CCS(=O)(=O)c1cc(C)cc(Cl)c1. The van der Waals surface area contributed by atoms with E-state index in [4.69, 9.17) is 11.6 Å². The first-order chi connectivity index (χ1) is 5.95. The highest BCUT2D eigenvalue weighted by molar-refractivity contribution is 7.91. The molecule has 0 atom stereocenters. The Kier molecular flexibility index (Phi) is 2.98. The molecule has 0 spiro atoms. The van der Waals surface area contributed by atoms with Gasteiger partial charge in [0.05, 0.1) is 10.6 Å². The maximum absolute atomic E-state index is 11.4. The van der Waals surface area contributed by atoms with Gasteiger partial charge in [0, 0.05) is 5.02 Å². The van der Waals surface area contributed by atoms with Gasteiger partial charge in [-0.15, -0.1) is 0 Å². The third kappa shape index (κ3) is 2.45. The van der Waals surface area contributed by atoms with Crippen LogP contribution in [0.1, 0.15) is 12.5 Å². The molecular weight excluding hydrogens is 208 g/mol. The minimum Gasteiger partial charge on any atom is -0.224 e. The second kappa shape index (κ2) is 3.68. The average Bonchev–Trinajstić information content (AvgIpc) is 2.02. The van der Waals surface area contributed by atoms with Crippen molar-refractivity contribution in [3.63, 3.8) is 0 Å². The Bertz CT molecular complexity index is 389. The highest BCUT2D eigenvalue weighted by atomic mass is 35.5. The van der Waals surface area contributed by atoms with E-state index in [1.165, 1.54) is 6.07 Å². The topological polar surface area (TPSA) is 34.1 Å². The van der Waals surface area contributed by atoms with E-state index in [9.17, 15) is 8.42 Å². The summed E-state index contributed by atoms with van der Waals surface area (Å²) in [6.45, 7) is 3.44. The van der Waals surface area contributed by atoms with Crippen LogP contribution in [0.5, 0.6) is 0 Å². The zero-order valence-electron chi connectivity index (χ0n) is 7.54. The molecule has 2 nitrogen and oxygen atoms in total. The largest absolute Gasteiger partial charge is 0.224 e. The van der Waals surface area contributed by atoms with Crippen molar-refractivity contribution >= 4 is 21.4 Å². The molecule has 0 N–H and O–H groups in total. The fourth-order valence-electron chi connectivity index (χ4n) is 1.05. The zero-order valence-corrected chi connectivity index (χ0v) is 9.11. The maximum atomic E-state index is 11.4. The summed E-state index contributed by atoms with van der Waals surface area (Å²) in [6.07, 6.45) is 0. The standard InChI is InChI=1S/C9H11ClO2S/c1-3-13(11,12)9-5-7(2)4-8(10)6-9/h4-6H,3H2,1-2H3. The van der Waals surface area contributed by atoms with Gasteiger partial charge in [-0.25, -0.2) is 8.42 Å². The number of hydrogen-bond donors (Lipinski definition) is 0. The van der Waals surface area contributed by atoms with Crippen LogP contribution < -0.4 is 0 Å². The minimum atomic E-state index is -3.13. The summed E-state index contributed by atoms with van der Waals surface area (Å²) in [5.41, 5.74) is 0.861. The van der Waals surface area contributed by atoms with Crippen LogP contribution in [0, 0.1) is 6.92 Å². The van der Waals surface area contributed by atoms with Gasteiger partial charge in [0.15, 0.2) is 9.84 Å². The van der Waals surface area contributed by atoms with Crippen LogP contribution in [-0.2, 0) is 9.84 Å². The summed E-state index contributed by atoms with van der Waals surface area (Å²) in [5.74, 6) is 0.104. The van der Waals surface area contributed by atoms with Crippen LogP contribution in [-0.4, -0.2) is 14.2 Å². The quantitative estimate of drug-likeness (QED) is 0.764. The van der Waals surface area contributed by atoms with Crippen LogP contribution in [0.3, 0.4) is 0 Å². The molecule has 0 aliphatic heterocycles. The average molecular weight is 219 g/mol. The molecule has 72 valence electrons. The van der Waals surface area contributed by atoms with Gasteiger partial charge >= 0.3 is 0 Å². The number of rotatable bonds is 2. The normalized spacial score (nSPS) is 11.6. The number of benzene rings is 1. The first-order valence-corrected chi connectivity index (χ1v) is 5.98. The lowest BCUT2D eigenvalue weighted by Crippen LogP contribution is -2.03. The van der Waals surface area contributed by atoms with Crippen molar-refractivity contribution < 1.29 is 8.42 Å². The van der Waals surface area contributed by atoms with E-state index in [0.717, 1.165) is 5.56 Å². The van der Waals surface area contributed by atoms with Crippen molar-refractivity contribution in [3.8, 4) is 0 Å². The van der Waals surface area contributed by atoms with E-state index in [0.29, 0.717) is 9.92 Å². The second-order valence-corrected chi connectivity index (χ2v) is 5.58. The lowest BCUT2D eigenvalue weighted by molar-refractivity contribution is 0.597. The molecule has 1 aromatic rings. The molecule has 0 unspecified atom stereocenters. The van der Waals surface area contributed by atoms with Crippen LogP contribution in [0.25, 0.3) is 0 Å². The predicted octanol–water partition coefficient (Wildman–Crippen LogP) is 2.44. The molecule has 0 aliphatic rings. The third-order valence-corrected chi connectivity index (χ3v) is 3.69. The minimum absolute atomic E-state index is 0.104. The van der Waals surface area contributed by atoms with E-state index >= 15 is 0 Å². The molecule has 0 saturated heterocycles. The lowest BCUT2D eigenvalue weighted by atomic mass is 10.2. The van der Waals surface area contributed by atoms with E-state index in [1.54, 1.807) is 19.1 Å². The Balaban J connectivity index is 3.32. The Morgan fingerprint density at radius 1 is 1.31 bits per heavy atom. The van der Waals surface area contributed by atoms with Crippen molar-refractivity contribution in [1.29, 1.82) is 0 Å². The van der Waals surface area contributed by atoms with Crippen LogP contribution in [0.2, 0.25) is 5.02 Å². The Labute approximate surface area is 83.5 Å². The van der Waals surface area contributed by atoms with Gasteiger partial charge in [0.2, 0.25) is 0 Å². The summed E-state index contributed by atoms with van der Waals surface area (Å²) in [4.78, 5) is 0.306. The zero-order chi connectivity index (χ0) is 10.1. The lowest BCUT2D eigenvalue weighted by Gasteiger charge is -2.03. The third-order valence-electron chi connectivity index (χ3n) is 1.75. The fraction of sp³-hybridized carbons (Fsp3) is 0.333. The first kappa shape index (κ1) is 10.5. The summed E-state index contributed by atoms with van der Waals surface area (Å²) >= 11 is 5.75. The summed E-state index contributed by atoms with van der Waals surface area (Å²) < 4.78 is 22.9. The molecule has 0 fully saturated rings. The highest BCUT2D eigenvalue weighted by Crippen LogP contribution is 2.19. The van der Waals surface area contributed by atoms with Gasteiger partial charge in [0.1, 0.15) is 0 Å². The van der Waals surface area contributed by atoms with Gasteiger partial charge in [-0.3, -0.25) is 0 Å². The van der Waals surface area contributed by atoms with Crippen molar-refractivity contribution in [2.24, 2.45) is 0 Å². The maximum Gasteiger partial charge on any atom is 0.178 e. The summed E-state index contributed by atoms with van der Waals surface area (Å²) in [6, 6.07) is 4.84. The van der Waals surface area contributed by atoms with Crippen LogP contribution in [0.15, 0.2) is 23.1 Å². The fourth-order valence-corrected chi connectivity index (χ4v) is 2.41. The molecule has 0 aliphatic carbocycles. The highest BCUT2D eigenvalue weighted by Gasteiger charge is 2.11. The number of aryl methyl sites for hydroxylation is 1. The molecule has 0 aromatic heterocycles. The summed E-state index contributed by atoms with van der Waals surface area (Å²) in [5, 5.41) is 0.465. The Morgan fingerprint density at radius 2 is 1.92 bits per heavy atom. The molecule has 0 heterocycles. The molecule has 0 radical (unpaired) electrons. The number of hydrogen-bond acceptors (Lipinski definition) is 2. The predicted molar refractivity (Wildman–Crippen MR) is 53.9 cm³/mol. The Hall–Kier alpha value is -0.540. The first-order valence-electron chi connectivity index (χ1n) is 3.95. The van der Waals surface area contributed by atoms with Gasteiger partial charge in [-0.05, 0) is 30.7 Å².